The number of carbonyl (C=O) groups is 1. The molecule has 156 valence electrons. The number of amides is 2. The van der Waals surface area contributed by atoms with Crippen molar-refractivity contribution in [3.8, 4) is 11.5 Å². The monoisotopic (exact) mass is 399 g/mol. The quantitative estimate of drug-likeness (QED) is 0.667. The van der Waals surface area contributed by atoms with Gasteiger partial charge in [0.2, 0.25) is 0 Å². The van der Waals surface area contributed by atoms with E-state index in [-0.39, 0.29) is 11.9 Å². The summed E-state index contributed by atoms with van der Waals surface area (Å²) in [7, 11) is 3.89. The minimum absolute atomic E-state index is 0.151. The molecule has 0 unspecified atom stereocenters. The number of hydrogen-bond donors (Lipinski definition) is 3. The van der Waals surface area contributed by atoms with Crippen LogP contribution in [0.2, 0.25) is 0 Å². The predicted molar refractivity (Wildman–Crippen MR) is 113 cm³/mol. The largest absolute Gasteiger partial charge is 0.490 e. The molecule has 0 saturated heterocycles. The Morgan fingerprint density at radius 2 is 1.83 bits per heavy atom. The average Bonchev–Trinajstić information content (AvgIpc) is 2.96. The van der Waals surface area contributed by atoms with Crippen LogP contribution in [0.25, 0.3) is 0 Å². The number of hydrogen-bond acceptors (Lipinski definition) is 5. The first-order valence-corrected chi connectivity index (χ1v) is 9.85. The molecule has 29 heavy (non-hydrogen) atoms. The zero-order chi connectivity index (χ0) is 20.6. The number of nitrogens with zero attached hydrogens (tertiary/aromatic N) is 1. The first-order valence-electron chi connectivity index (χ1n) is 9.85. The Balaban J connectivity index is 1.59. The van der Waals surface area contributed by atoms with Gasteiger partial charge in [0.05, 0.1) is 19.3 Å². The Morgan fingerprint density at radius 3 is 2.55 bits per heavy atom. The van der Waals surface area contributed by atoms with E-state index in [2.05, 4.69) is 10.6 Å². The van der Waals surface area contributed by atoms with E-state index in [1.54, 1.807) is 18.2 Å². The maximum Gasteiger partial charge on any atom is 0.319 e. The van der Waals surface area contributed by atoms with Crippen molar-refractivity contribution < 1.29 is 19.4 Å². The van der Waals surface area contributed by atoms with E-state index in [1.165, 1.54) is 0 Å². The molecule has 2 atom stereocenters. The number of carbonyl (C=O) groups excluding carboxylic acids is 1. The van der Waals surface area contributed by atoms with Crippen molar-refractivity contribution in [1.82, 2.24) is 10.2 Å². The molecule has 2 aromatic carbocycles. The number of benzene rings is 2. The minimum atomic E-state index is -0.669. The summed E-state index contributed by atoms with van der Waals surface area (Å²) in [6.07, 6.45) is 0.159. The van der Waals surface area contributed by atoms with Crippen molar-refractivity contribution in [3.05, 3.63) is 54.1 Å². The molecule has 0 fully saturated rings. The number of aliphatic hydroxyl groups is 1. The Bertz CT molecular complexity index is 798. The lowest BCUT2D eigenvalue weighted by Gasteiger charge is -2.26. The molecule has 0 aliphatic carbocycles. The summed E-state index contributed by atoms with van der Waals surface area (Å²) in [5.74, 6) is 1.16. The van der Waals surface area contributed by atoms with Gasteiger partial charge >= 0.3 is 6.03 Å². The van der Waals surface area contributed by atoms with Crippen LogP contribution in [0.4, 0.5) is 10.5 Å². The van der Waals surface area contributed by atoms with Crippen LogP contribution in [0, 0.1) is 5.92 Å². The Labute approximate surface area is 171 Å². The zero-order valence-corrected chi connectivity index (χ0v) is 16.9. The van der Waals surface area contributed by atoms with Gasteiger partial charge in [-0.25, -0.2) is 4.79 Å². The fourth-order valence-electron chi connectivity index (χ4n) is 3.31. The van der Waals surface area contributed by atoms with Crippen molar-refractivity contribution in [2.75, 3.05) is 45.7 Å². The van der Waals surface area contributed by atoms with Gasteiger partial charge in [0, 0.05) is 37.2 Å². The predicted octanol–water partition coefficient (Wildman–Crippen LogP) is 2.88. The Kier molecular flexibility index (Phi) is 7.32. The number of aliphatic hydroxyl groups excluding tert-OH is 1. The lowest BCUT2D eigenvalue weighted by Crippen LogP contribution is -2.39. The third-order valence-electron chi connectivity index (χ3n) is 4.72. The van der Waals surface area contributed by atoms with Crippen LogP contribution in [0.5, 0.6) is 11.5 Å². The van der Waals surface area contributed by atoms with Crippen LogP contribution in [0.15, 0.2) is 48.5 Å². The molecular formula is C22H29N3O4. The van der Waals surface area contributed by atoms with Crippen molar-refractivity contribution >= 4 is 11.7 Å². The summed E-state index contributed by atoms with van der Waals surface area (Å²) in [6.45, 7) is 2.19. The summed E-state index contributed by atoms with van der Waals surface area (Å²) < 4.78 is 11.3. The van der Waals surface area contributed by atoms with Gasteiger partial charge in [0.1, 0.15) is 0 Å². The van der Waals surface area contributed by atoms with Crippen molar-refractivity contribution in [2.24, 2.45) is 5.92 Å². The third kappa shape index (κ3) is 6.10. The summed E-state index contributed by atoms with van der Waals surface area (Å²) in [6, 6.07) is 14.5. The fraction of sp³-hybridized carbons (Fsp3) is 0.409. The lowest BCUT2D eigenvalue weighted by molar-refractivity contribution is 0.0911. The molecule has 7 heteroatoms. The first-order chi connectivity index (χ1) is 14.0. The Morgan fingerprint density at radius 1 is 1.10 bits per heavy atom. The second-order valence-electron chi connectivity index (χ2n) is 7.42. The standard InChI is InChI=1S/C22H29N3O4/c1-25(2)15-17(21(26)16-7-4-3-5-8-16)14-23-22(27)24-18-9-10-19-20(13-18)29-12-6-11-28-19/h3-5,7-10,13,17,21,26H,6,11-12,14-15H2,1-2H3,(H2,23,24,27)/t17-,21-/m1/s1. The van der Waals surface area contributed by atoms with Crippen LogP contribution >= 0.6 is 0 Å². The van der Waals surface area contributed by atoms with E-state index in [4.69, 9.17) is 9.47 Å². The number of urea groups is 1. The minimum Gasteiger partial charge on any atom is -0.490 e. The highest BCUT2D eigenvalue weighted by Gasteiger charge is 2.22. The molecular weight excluding hydrogens is 370 g/mol. The molecule has 1 heterocycles. The molecule has 3 rings (SSSR count). The Hall–Kier alpha value is -2.77. The maximum absolute atomic E-state index is 12.4. The van der Waals surface area contributed by atoms with Gasteiger partial charge < -0.3 is 30.1 Å². The summed E-state index contributed by atoms with van der Waals surface area (Å²) in [5.41, 5.74) is 1.46. The number of fused-ring (bicyclic) bond motifs is 1. The molecule has 2 amide bonds. The maximum atomic E-state index is 12.4. The summed E-state index contributed by atoms with van der Waals surface area (Å²) >= 11 is 0. The molecule has 0 spiro atoms. The van der Waals surface area contributed by atoms with Crippen LogP contribution in [0.3, 0.4) is 0 Å². The highest BCUT2D eigenvalue weighted by Crippen LogP contribution is 2.32. The van der Waals surface area contributed by atoms with E-state index in [9.17, 15) is 9.90 Å². The number of ether oxygens (including phenoxy) is 2. The molecule has 0 radical (unpaired) electrons. The second kappa shape index (κ2) is 10.1. The summed E-state index contributed by atoms with van der Waals surface area (Å²) in [5, 5.41) is 16.5. The molecule has 0 saturated carbocycles. The van der Waals surface area contributed by atoms with E-state index in [0.717, 1.165) is 12.0 Å². The van der Waals surface area contributed by atoms with Gasteiger partial charge in [0.15, 0.2) is 11.5 Å². The highest BCUT2D eigenvalue weighted by molar-refractivity contribution is 5.89. The first kappa shape index (κ1) is 21.0. The van der Waals surface area contributed by atoms with Crippen molar-refractivity contribution in [1.29, 1.82) is 0 Å². The number of rotatable bonds is 7. The van der Waals surface area contributed by atoms with Gasteiger partial charge in [-0.15, -0.1) is 0 Å². The van der Waals surface area contributed by atoms with Crippen molar-refractivity contribution in [3.63, 3.8) is 0 Å². The second-order valence-corrected chi connectivity index (χ2v) is 7.42. The van der Waals surface area contributed by atoms with Crippen LogP contribution in [-0.2, 0) is 0 Å². The number of anilines is 1. The highest BCUT2D eigenvalue weighted by atomic mass is 16.5. The van der Waals surface area contributed by atoms with Gasteiger partial charge in [-0.3, -0.25) is 0 Å². The molecule has 0 aromatic heterocycles. The van der Waals surface area contributed by atoms with E-state index in [1.807, 2.05) is 49.3 Å². The third-order valence-corrected chi connectivity index (χ3v) is 4.72. The normalized spacial score (nSPS) is 15.3. The molecule has 3 N–H and O–H groups in total. The van der Waals surface area contributed by atoms with Gasteiger partial charge in [-0.2, -0.15) is 0 Å². The zero-order valence-electron chi connectivity index (χ0n) is 16.9. The van der Waals surface area contributed by atoms with Crippen LogP contribution in [0.1, 0.15) is 18.1 Å². The number of nitrogens with one attached hydrogen (secondary N) is 2. The molecule has 0 bridgehead atoms. The van der Waals surface area contributed by atoms with Gasteiger partial charge in [-0.05, 0) is 31.8 Å². The van der Waals surface area contributed by atoms with E-state index >= 15 is 0 Å². The van der Waals surface area contributed by atoms with Crippen molar-refractivity contribution in [2.45, 2.75) is 12.5 Å². The fourth-order valence-corrected chi connectivity index (χ4v) is 3.31. The van der Waals surface area contributed by atoms with Crippen LogP contribution < -0.4 is 20.1 Å². The smallest absolute Gasteiger partial charge is 0.319 e. The van der Waals surface area contributed by atoms with Gasteiger partial charge in [-0.1, -0.05) is 30.3 Å². The topological polar surface area (TPSA) is 83.1 Å². The van der Waals surface area contributed by atoms with E-state index < -0.39 is 6.10 Å². The summed E-state index contributed by atoms with van der Waals surface area (Å²) in [4.78, 5) is 14.4. The molecule has 1 aliphatic heterocycles. The lowest BCUT2D eigenvalue weighted by atomic mass is 9.95. The SMILES string of the molecule is CN(C)C[C@@H](CNC(=O)Nc1ccc2c(c1)OCCCO2)[C@H](O)c1ccccc1. The van der Waals surface area contributed by atoms with Crippen LogP contribution in [-0.4, -0.2) is 56.4 Å². The van der Waals surface area contributed by atoms with E-state index in [0.29, 0.717) is 43.5 Å². The van der Waals surface area contributed by atoms with Gasteiger partial charge in [0.25, 0.3) is 0 Å². The molecule has 7 nitrogen and oxygen atoms in total. The molecule has 2 aromatic rings. The molecule has 1 aliphatic rings. The average molecular weight is 399 g/mol.